The van der Waals surface area contributed by atoms with E-state index in [1.54, 1.807) is 18.3 Å². The van der Waals surface area contributed by atoms with Gasteiger partial charge in [-0.15, -0.1) is 24.0 Å². The van der Waals surface area contributed by atoms with Crippen LogP contribution in [0.5, 0.6) is 0 Å². The second-order valence-corrected chi connectivity index (χ2v) is 21.7. The van der Waals surface area contributed by atoms with E-state index in [1.807, 2.05) is 0 Å². The Kier molecular flexibility index (Phi) is 9.65. The molecule has 0 amide bonds. The van der Waals surface area contributed by atoms with Gasteiger partial charge < -0.3 is 0 Å². The Morgan fingerprint density at radius 2 is 0.806 bits per heavy atom. The van der Waals surface area contributed by atoms with Gasteiger partial charge in [0.25, 0.3) is 0 Å². The first-order valence-corrected chi connectivity index (χ1v) is 19.5. The Balaban J connectivity index is 0.00000480. The number of benzene rings is 2. The van der Waals surface area contributed by atoms with Crippen LogP contribution in [0.1, 0.15) is 105 Å². The van der Waals surface area contributed by atoms with Crippen LogP contribution in [0.25, 0.3) is 0 Å². The van der Waals surface area contributed by atoms with Crippen LogP contribution in [0.3, 0.4) is 0 Å². The normalized spacial score (nSPS) is 13.6. The second kappa shape index (κ2) is 10.1. The van der Waals surface area contributed by atoms with Crippen LogP contribution < -0.4 is 0 Å². The molecule has 3 heteroatoms. The minimum absolute atomic E-state index is 0. The molecule has 0 spiro atoms. The summed E-state index contributed by atoms with van der Waals surface area (Å²) >= 11 is 1.20. The van der Waals surface area contributed by atoms with Gasteiger partial charge in [-0.05, 0) is 0 Å². The first-order valence-electron chi connectivity index (χ1n) is 11.0. The molecular weight excluding hydrogens is 717 g/mol. The zero-order valence-electron chi connectivity index (χ0n) is 21.6. The van der Waals surface area contributed by atoms with Crippen molar-refractivity contribution in [1.82, 2.24) is 0 Å². The number of halogens is 3. The van der Waals surface area contributed by atoms with Crippen molar-refractivity contribution < 1.29 is 0 Å². The predicted molar refractivity (Wildman–Crippen MR) is 169 cm³/mol. The van der Waals surface area contributed by atoms with E-state index in [0.717, 1.165) is 0 Å². The summed E-state index contributed by atoms with van der Waals surface area (Å²) in [6, 6.07) is 14.2. The molecule has 0 saturated heterocycles. The topological polar surface area (TPSA) is 0 Å². The van der Waals surface area contributed by atoms with E-state index >= 15 is 0 Å². The summed E-state index contributed by atoms with van der Waals surface area (Å²) < 4.78 is 3.24. The SMILES string of the molecule is CC(C)(C)c1cccc(I(I)c2cccc(C(C)(C)C)c2C(C)(C)C)c1C(C)(C)C.I. The fraction of sp³-hybridized carbons (Fsp3) is 0.571. The molecule has 0 unspecified atom stereocenters. The first-order chi connectivity index (χ1) is 13.4. The van der Waals surface area contributed by atoms with Crippen molar-refractivity contribution in [2.75, 3.05) is 0 Å². The number of hydrogen-bond donors (Lipinski definition) is 0. The summed E-state index contributed by atoms with van der Waals surface area (Å²) in [6.07, 6.45) is 0. The average molecular weight is 760 g/mol. The summed E-state index contributed by atoms with van der Waals surface area (Å²) in [6.45, 7) is 28.5. The molecule has 176 valence electrons. The fourth-order valence-corrected chi connectivity index (χ4v) is 13.6. The molecular formula is C28H43I3. The quantitative estimate of drug-likeness (QED) is 0.268. The van der Waals surface area contributed by atoms with Gasteiger partial charge in [0.2, 0.25) is 0 Å². The van der Waals surface area contributed by atoms with E-state index in [2.05, 4.69) is 138 Å². The van der Waals surface area contributed by atoms with Gasteiger partial charge in [0.05, 0.1) is 0 Å². The largest absolute Gasteiger partial charge is 0.107 e. The van der Waals surface area contributed by atoms with E-state index in [-0.39, 0.29) is 45.6 Å². The van der Waals surface area contributed by atoms with Gasteiger partial charge in [-0.3, -0.25) is 0 Å². The molecule has 0 N–H and O–H groups in total. The third-order valence-corrected chi connectivity index (χ3v) is 15.2. The van der Waals surface area contributed by atoms with Crippen LogP contribution in [0.4, 0.5) is 0 Å². The Morgan fingerprint density at radius 3 is 1.03 bits per heavy atom. The van der Waals surface area contributed by atoms with Crippen molar-refractivity contribution >= 4 is 58.4 Å². The number of rotatable bonds is 2. The third kappa shape index (κ3) is 6.83. The first kappa shape index (κ1) is 29.7. The van der Waals surface area contributed by atoms with Crippen LogP contribution >= 0.6 is 58.4 Å². The van der Waals surface area contributed by atoms with E-state index < -0.39 is 15.8 Å². The maximum Gasteiger partial charge on any atom is -0.107 e. The molecule has 31 heavy (non-hydrogen) atoms. The van der Waals surface area contributed by atoms with Crippen LogP contribution in [-0.4, -0.2) is 0 Å². The van der Waals surface area contributed by atoms with Crippen LogP contribution in [-0.2, 0) is 21.7 Å². The molecule has 0 aliphatic rings. The molecule has 0 aliphatic carbocycles. The Bertz CT molecular complexity index is 822. The Morgan fingerprint density at radius 1 is 0.516 bits per heavy atom. The van der Waals surface area contributed by atoms with Crippen LogP contribution in [0, 0.1) is 7.14 Å². The van der Waals surface area contributed by atoms with Crippen molar-refractivity contribution in [3.8, 4) is 0 Å². The molecule has 0 aliphatic heterocycles. The predicted octanol–water partition coefficient (Wildman–Crippen LogP) is 10.4. The van der Waals surface area contributed by atoms with Crippen LogP contribution in [0.2, 0.25) is 0 Å². The van der Waals surface area contributed by atoms with Gasteiger partial charge in [0.1, 0.15) is 0 Å². The van der Waals surface area contributed by atoms with Crippen molar-refractivity contribution in [3.05, 3.63) is 65.8 Å². The molecule has 0 saturated carbocycles. The standard InChI is InChI=1S/C28H42I2.HI/c1-25(2,3)19-15-13-17-21(23(19)27(7,8)9)30(29)22-18-14-16-20(26(4,5)6)24(22)28(10,11)12;/h13-18H,1-12H3;1H. The van der Waals surface area contributed by atoms with Gasteiger partial charge in [-0.2, -0.15) is 0 Å². The second-order valence-electron chi connectivity index (χ2n) is 12.6. The maximum atomic E-state index is 2.85. The van der Waals surface area contributed by atoms with Crippen molar-refractivity contribution in [3.63, 3.8) is 0 Å². The summed E-state index contributed by atoms with van der Waals surface area (Å²) in [5.41, 5.74) is 6.73. The van der Waals surface area contributed by atoms with Gasteiger partial charge in [0.15, 0.2) is 0 Å². The van der Waals surface area contributed by atoms with Crippen molar-refractivity contribution in [2.24, 2.45) is 0 Å². The fourth-order valence-electron chi connectivity index (χ4n) is 4.21. The molecule has 2 aromatic rings. The zero-order valence-corrected chi connectivity index (χ0v) is 28.3. The zero-order chi connectivity index (χ0) is 23.3. The minimum atomic E-state index is -1.65. The third-order valence-electron chi connectivity index (χ3n) is 5.50. The minimum Gasteiger partial charge on any atom is -0.107 e. The Hall–Kier alpha value is 0.630. The molecule has 0 nitrogen and oxygen atoms in total. The van der Waals surface area contributed by atoms with E-state index in [0.29, 0.717) is 0 Å². The van der Waals surface area contributed by atoms with E-state index in [4.69, 9.17) is 0 Å². The van der Waals surface area contributed by atoms with Gasteiger partial charge in [-0.1, -0.05) is 0 Å². The van der Waals surface area contributed by atoms with Gasteiger partial charge in [-0.25, -0.2) is 0 Å². The van der Waals surface area contributed by atoms with Crippen molar-refractivity contribution in [2.45, 2.75) is 105 Å². The summed E-state index contributed by atoms with van der Waals surface area (Å²) in [5.74, 6) is 0. The summed E-state index contributed by atoms with van der Waals surface area (Å²) in [4.78, 5) is 0. The molecule has 0 heterocycles. The monoisotopic (exact) mass is 760 g/mol. The van der Waals surface area contributed by atoms with Crippen molar-refractivity contribution in [1.29, 1.82) is 0 Å². The smallest absolute Gasteiger partial charge is 0.107 e. The van der Waals surface area contributed by atoms with E-state index in [1.165, 1.54) is 11.1 Å². The number of hydrogen-bond acceptors (Lipinski definition) is 0. The maximum absolute atomic E-state index is 2.85. The Labute approximate surface area is 226 Å². The summed E-state index contributed by atoms with van der Waals surface area (Å²) in [5, 5.41) is 0. The van der Waals surface area contributed by atoms with E-state index in [9.17, 15) is 0 Å². The molecule has 0 fully saturated rings. The average Bonchev–Trinajstić information content (AvgIpc) is 2.56. The summed E-state index contributed by atoms with van der Waals surface area (Å²) in [7, 11) is 0. The molecule has 2 aromatic carbocycles. The van der Waals surface area contributed by atoms with Gasteiger partial charge >= 0.3 is 205 Å². The molecule has 0 atom stereocenters. The molecule has 0 aromatic heterocycles. The molecule has 2 rings (SSSR count). The molecule has 0 bridgehead atoms. The molecule has 0 radical (unpaired) electrons. The van der Waals surface area contributed by atoms with Crippen LogP contribution in [0.15, 0.2) is 36.4 Å². The van der Waals surface area contributed by atoms with Gasteiger partial charge in [0, 0.05) is 0 Å².